The van der Waals surface area contributed by atoms with E-state index < -0.39 is 0 Å². The summed E-state index contributed by atoms with van der Waals surface area (Å²) in [6.07, 6.45) is 0. The lowest BCUT2D eigenvalue weighted by Crippen LogP contribution is -2.18. The Morgan fingerprint density at radius 2 is 1.76 bits per heavy atom. The van der Waals surface area contributed by atoms with E-state index in [0.717, 1.165) is 4.47 Å². The SMILES string of the molecule is CCOc1ccc(Br)cc1C(=O)Nc1cccc(NC(=O)C(C)C)c1. The second kappa shape index (κ2) is 8.67. The van der Waals surface area contributed by atoms with E-state index in [1.165, 1.54) is 0 Å². The summed E-state index contributed by atoms with van der Waals surface area (Å²) in [5.74, 6) is 0.0484. The van der Waals surface area contributed by atoms with E-state index >= 15 is 0 Å². The normalized spacial score (nSPS) is 10.4. The number of hydrogen-bond donors (Lipinski definition) is 2. The van der Waals surface area contributed by atoms with Crippen molar-refractivity contribution < 1.29 is 14.3 Å². The lowest BCUT2D eigenvalue weighted by Gasteiger charge is -2.12. The van der Waals surface area contributed by atoms with Crippen LogP contribution in [0.1, 0.15) is 31.1 Å². The van der Waals surface area contributed by atoms with Crippen LogP contribution in [0.15, 0.2) is 46.9 Å². The summed E-state index contributed by atoms with van der Waals surface area (Å²) >= 11 is 3.37. The maximum absolute atomic E-state index is 12.6. The van der Waals surface area contributed by atoms with Gasteiger partial charge in [0.25, 0.3) is 5.91 Å². The third-order valence-corrected chi connectivity index (χ3v) is 3.89. The van der Waals surface area contributed by atoms with Gasteiger partial charge in [0, 0.05) is 21.8 Å². The maximum atomic E-state index is 12.6. The molecule has 0 radical (unpaired) electrons. The number of hydrogen-bond acceptors (Lipinski definition) is 3. The third kappa shape index (κ3) is 5.32. The van der Waals surface area contributed by atoms with Crippen LogP contribution < -0.4 is 15.4 Å². The van der Waals surface area contributed by atoms with Gasteiger partial charge in [0.15, 0.2) is 0 Å². The zero-order chi connectivity index (χ0) is 18.4. The first-order chi connectivity index (χ1) is 11.9. The van der Waals surface area contributed by atoms with Crippen molar-refractivity contribution in [3.63, 3.8) is 0 Å². The Kier molecular flexibility index (Phi) is 6.58. The smallest absolute Gasteiger partial charge is 0.259 e. The number of benzene rings is 2. The summed E-state index contributed by atoms with van der Waals surface area (Å²) in [6, 6.07) is 12.3. The van der Waals surface area contributed by atoms with Crippen LogP contribution >= 0.6 is 15.9 Å². The standard InChI is InChI=1S/C19H21BrN2O3/c1-4-25-17-9-8-13(20)10-16(17)19(24)22-15-7-5-6-14(11-15)21-18(23)12(2)3/h5-12H,4H2,1-3H3,(H,21,23)(H,22,24). The molecule has 0 saturated carbocycles. The van der Waals surface area contributed by atoms with E-state index in [1.807, 2.05) is 26.8 Å². The average molecular weight is 405 g/mol. The van der Waals surface area contributed by atoms with Gasteiger partial charge in [-0.25, -0.2) is 0 Å². The van der Waals surface area contributed by atoms with Crippen LogP contribution in [0.3, 0.4) is 0 Å². The van der Waals surface area contributed by atoms with Crippen LogP contribution in [0.5, 0.6) is 5.75 Å². The van der Waals surface area contributed by atoms with E-state index in [-0.39, 0.29) is 17.7 Å². The predicted octanol–water partition coefficient (Wildman–Crippen LogP) is 4.69. The molecule has 5 nitrogen and oxygen atoms in total. The number of anilines is 2. The molecule has 2 N–H and O–H groups in total. The number of amides is 2. The zero-order valence-electron chi connectivity index (χ0n) is 14.4. The Bertz CT molecular complexity index is 775. The van der Waals surface area contributed by atoms with Crippen LogP contribution in [0.25, 0.3) is 0 Å². The molecule has 0 heterocycles. The third-order valence-electron chi connectivity index (χ3n) is 3.40. The number of carbonyl (C=O) groups excluding carboxylic acids is 2. The molecular formula is C19H21BrN2O3. The first-order valence-corrected chi connectivity index (χ1v) is 8.84. The Morgan fingerprint density at radius 3 is 2.40 bits per heavy atom. The summed E-state index contributed by atoms with van der Waals surface area (Å²) < 4.78 is 6.31. The summed E-state index contributed by atoms with van der Waals surface area (Å²) in [5.41, 5.74) is 1.66. The Balaban J connectivity index is 2.18. The second-order valence-electron chi connectivity index (χ2n) is 5.75. The van der Waals surface area contributed by atoms with Gasteiger partial charge in [-0.1, -0.05) is 35.8 Å². The topological polar surface area (TPSA) is 67.4 Å². The highest BCUT2D eigenvalue weighted by Crippen LogP contribution is 2.25. The van der Waals surface area contributed by atoms with Gasteiger partial charge in [0.05, 0.1) is 12.2 Å². The molecule has 0 atom stereocenters. The molecule has 0 saturated heterocycles. The van der Waals surface area contributed by atoms with Crippen molar-refractivity contribution in [2.24, 2.45) is 5.92 Å². The summed E-state index contributed by atoms with van der Waals surface area (Å²) in [5, 5.41) is 5.65. The molecule has 6 heteroatoms. The van der Waals surface area contributed by atoms with Gasteiger partial charge < -0.3 is 15.4 Å². The minimum atomic E-state index is -0.280. The van der Waals surface area contributed by atoms with E-state index in [2.05, 4.69) is 26.6 Å². The number of rotatable bonds is 6. The molecule has 0 aliphatic rings. The predicted molar refractivity (Wildman–Crippen MR) is 103 cm³/mol. The van der Waals surface area contributed by atoms with Crippen LogP contribution in [-0.2, 0) is 4.79 Å². The summed E-state index contributed by atoms with van der Waals surface area (Å²) in [4.78, 5) is 24.4. The van der Waals surface area contributed by atoms with E-state index in [0.29, 0.717) is 29.3 Å². The maximum Gasteiger partial charge on any atom is 0.259 e. The van der Waals surface area contributed by atoms with Crippen LogP contribution in [0, 0.1) is 5.92 Å². The largest absolute Gasteiger partial charge is 0.493 e. The molecule has 2 rings (SSSR count). The number of carbonyl (C=O) groups is 2. The Hall–Kier alpha value is -2.34. The molecule has 0 fully saturated rings. The van der Waals surface area contributed by atoms with Gasteiger partial charge in [0.1, 0.15) is 5.75 Å². The van der Waals surface area contributed by atoms with Crippen LogP contribution in [0.4, 0.5) is 11.4 Å². The van der Waals surface area contributed by atoms with Crippen molar-refractivity contribution in [2.45, 2.75) is 20.8 Å². The molecule has 132 valence electrons. The van der Waals surface area contributed by atoms with Crippen molar-refractivity contribution in [1.82, 2.24) is 0 Å². The molecule has 2 aromatic carbocycles. The van der Waals surface area contributed by atoms with E-state index in [9.17, 15) is 9.59 Å². The molecular weight excluding hydrogens is 384 g/mol. The van der Waals surface area contributed by atoms with Gasteiger partial charge >= 0.3 is 0 Å². The van der Waals surface area contributed by atoms with Gasteiger partial charge in [-0.15, -0.1) is 0 Å². The van der Waals surface area contributed by atoms with E-state index in [1.54, 1.807) is 36.4 Å². The first kappa shape index (κ1) is 19.0. The molecule has 0 aliphatic carbocycles. The fourth-order valence-electron chi connectivity index (χ4n) is 2.12. The lowest BCUT2D eigenvalue weighted by molar-refractivity contribution is -0.118. The number of nitrogens with one attached hydrogen (secondary N) is 2. The summed E-state index contributed by atoms with van der Waals surface area (Å²) in [6.45, 7) is 5.98. The quantitative estimate of drug-likeness (QED) is 0.733. The minimum absolute atomic E-state index is 0.0749. The fourth-order valence-corrected chi connectivity index (χ4v) is 2.48. The Morgan fingerprint density at radius 1 is 1.08 bits per heavy atom. The first-order valence-electron chi connectivity index (χ1n) is 8.05. The van der Waals surface area contributed by atoms with Crippen LogP contribution in [0.2, 0.25) is 0 Å². The van der Waals surface area contributed by atoms with Crippen molar-refractivity contribution >= 4 is 39.1 Å². The Labute approximate surface area is 155 Å². The van der Waals surface area contributed by atoms with Crippen LogP contribution in [-0.4, -0.2) is 18.4 Å². The van der Waals surface area contributed by atoms with Gasteiger partial charge in [-0.05, 0) is 43.3 Å². The lowest BCUT2D eigenvalue weighted by atomic mass is 10.1. The molecule has 0 unspecified atom stereocenters. The summed E-state index contributed by atoms with van der Waals surface area (Å²) in [7, 11) is 0. The molecule has 25 heavy (non-hydrogen) atoms. The average Bonchev–Trinajstić information content (AvgIpc) is 2.56. The highest BCUT2D eigenvalue weighted by molar-refractivity contribution is 9.10. The monoisotopic (exact) mass is 404 g/mol. The highest BCUT2D eigenvalue weighted by Gasteiger charge is 2.14. The van der Waals surface area contributed by atoms with Crippen molar-refractivity contribution in [2.75, 3.05) is 17.2 Å². The molecule has 0 bridgehead atoms. The van der Waals surface area contributed by atoms with E-state index in [4.69, 9.17) is 4.74 Å². The zero-order valence-corrected chi connectivity index (χ0v) is 16.0. The van der Waals surface area contributed by atoms with Gasteiger partial charge in [-0.2, -0.15) is 0 Å². The molecule has 2 aromatic rings. The van der Waals surface area contributed by atoms with Crippen molar-refractivity contribution in [3.05, 3.63) is 52.5 Å². The van der Waals surface area contributed by atoms with Gasteiger partial charge in [-0.3, -0.25) is 9.59 Å². The number of halogens is 1. The molecule has 0 aromatic heterocycles. The second-order valence-corrected chi connectivity index (χ2v) is 6.67. The molecule has 0 aliphatic heterocycles. The highest BCUT2D eigenvalue weighted by atomic mass is 79.9. The molecule has 0 spiro atoms. The van der Waals surface area contributed by atoms with Crippen molar-refractivity contribution in [1.29, 1.82) is 0 Å². The van der Waals surface area contributed by atoms with Gasteiger partial charge in [0.2, 0.25) is 5.91 Å². The minimum Gasteiger partial charge on any atom is -0.493 e. The fraction of sp³-hybridized carbons (Fsp3) is 0.263. The number of ether oxygens (including phenoxy) is 1. The van der Waals surface area contributed by atoms with Crippen molar-refractivity contribution in [3.8, 4) is 5.75 Å². The molecule has 2 amide bonds.